The van der Waals surface area contributed by atoms with Gasteiger partial charge in [-0.25, -0.2) is 4.98 Å². The Morgan fingerprint density at radius 1 is 1.07 bits per heavy atom. The summed E-state index contributed by atoms with van der Waals surface area (Å²) in [5.41, 5.74) is 2.27. The quantitative estimate of drug-likeness (QED) is 0.611. The number of carbonyl (C=O) groups excluding carboxylic acids is 1. The molecule has 1 aromatic carbocycles. The Balaban J connectivity index is 1.15. The number of aryl methyl sites for hydroxylation is 2. The number of benzene rings is 1. The summed E-state index contributed by atoms with van der Waals surface area (Å²) in [5.74, 6) is 2.74. The van der Waals surface area contributed by atoms with Crippen LogP contribution in [0.3, 0.4) is 0 Å². The van der Waals surface area contributed by atoms with E-state index in [1.54, 1.807) is 0 Å². The van der Waals surface area contributed by atoms with Gasteiger partial charge in [0.2, 0.25) is 5.91 Å². The molecule has 146 valence electrons. The highest BCUT2D eigenvalue weighted by Crippen LogP contribution is 2.31. The van der Waals surface area contributed by atoms with E-state index in [4.69, 9.17) is 9.47 Å². The molecule has 1 amide bonds. The van der Waals surface area contributed by atoms with Crippen LogP contribution in [-0.2, 0) is 17.6 Å². The van der Waals surface area contributed by atoms with Gasteiger partial charge in [0.1, 0.15) is 19.0 Å². The summed E-state index contributed by atoms with van der Waals surface area (Å²) >= 11 is 0. The van der Waals surface area contributed by atoms with Crippen LogP contribution in [0.25, 0.3) is 5.52 Å². The van der Waals surface area contributed by atoms with Gasteiger partial charge in [0.15, 0.2) is 11.5 Å². The van der Waals surface area contributed by atoms with Crippen LogP contribution in [0.4, 0.5) is 0 Å². The Bertz CT molecular complexity index is 951. The third-order valence-corrected chi connectivity index (χ3v) is 4.89. The van der Waals surface area contributed by atoms with Gasteiger partial charge >= 0.3 is 0 Å². The summed E-state index contributed by atoms with van der Waals surface area (Å²) < 4.78 is 13.2. The molecule has 1 aliphatic rings. The highest BCUT2D eigenvalue weighted by Gasteiger charge is 2.12. The predicted molar refractivity (Wildman–Crippen MR) is 107 cm³/mol. The zero-order valence-corrected chi connectivity index (χ0v) is 15.9. The third-order valence-electron chi connectivity index (χ3n) is 4.89. The van der Waals surface area contributed by atoms with Crippen molar-refractivity contribution in [1.29, 1.82) is 0 Å². The molecule has 0 bridgehead atoms. The fraction of sp³-hybridized carbons (Fsp3) is 0.364. The first-order valence-corrected chi connectivity index (χ1v) is 9.86. The van der Waals surface area contributed by atoms with Gasteiger partial charge in [-0.1, -0.05) is 12.1 Å². The number of hydrogen-bond acceptors (Lipinski definition) is 4. The van der Waals surface area contributed by atoms with Crippen molar-refractivity contribution in [2.45, 2.75) is 32.1 Å². The second kappa shape index (κ2) is 8.78. The molecule has 3 heterocycles. The van der Waals surface area contributed by atoms with E-state index in [1.807, 2.05) is 48.8 Å². The summed E-state index contributed by atoms with van der Waals surface area (Å²) in [6.07, 6.45) is 7.82. The normalized spacial score (nSPS) is 12.9. The van der Waals surface area contributed by atoms with Crippen molar-refractivity contribution in [3.8, 4) is 11.5 Å². The minimum absolute atomic E-state index is 0.102. The van der Waals surface area contributed by atoms with Crippen molar-refractivity contribution in [2.24, 2.45) is 0 Å². The monoisotopic (exact) mass is 379 g/mol. The molecule has 0 saturated heterocycles. The topological polar surface area (TPSA) is 64.9 Å². The van der Waals surface area contributed by atoms with Crippen LogP contribution >= 0.6 is 0 Å². The zero-order valence-electron chi connectivity index (χ0n) is 15.9. The van der Waals surface area contributed by atoms with Crippen molar-refractivity contribution in [3.63, 3.8) is 0 Å². The Hall–Kier alpha value is -3.02. The Morgan fingerprint density at radius 3 is 2.89 bits per heavy atom. The number of ether oxygens (including phenoxy) is 2. The summed E-state index contributed by atoms with van der Waals surface area (Å²) in [7, 11) is 0. The van der Waals surface area contributed by atoms with Crippen molar-refractivity contribution >= 4 is 11.4 Å². The van der Waals surface area contributed by atoms with Gasteiger partial charge in [-0.05, 0) is 49.1 Å². The van der Waals surface area contributed by atoms with E-state index in [-0.39, 0.29) is 5.91 Å². The number of amides is 1. The van der Waals surface area contributed by atoms with E-state index >= 15 is 0 Å². The van der Waals surface area contributed by atoms with Crippen LogP contribution in [0.1, 0.15) is 30.7 Å². The largest absolute Gasteiger partial charge is 0.486 e. The van der Waals surface area contributed by atoms with Crippen LogP contribution in [0.15, 0.2) is 48.8 Å². The third kappa shape index (κ3) is 4.44. The number of pyridine rings is 1. The molecular formula is C22H25N3O3. The second-order valence-electron chi connectivity index (χ2n) is 6.96. The SMILES string of the molecule is O=C(CCCc1ccc2c(c1)OCCO2)NCCCc1ncc2ccccn12. The van der Waals surface area contributed by atoms with Crippen molar-refractivity contribution in [1.82, 2.24) is 14.7 Å². The van der Waals surface area contributed by atoms with Gasteiger partial charge in [-0.2, -0.15) is 0 Å². The van der Waals surface area contributed by atoms with E-state index < -0.39 is 0 Å². The van der Waals surface area contributed by atoms with Crippen LogP contribution in [-0.4, -0.2) is 35.1 Å². The molecular weight excluding hydrogens is 354 g/mol. The fourth-order valence-corrected chi connectivity index (χ4v) is 3.44. The molecule has 0 unspecified atom stereocenters. The number of carbonyl (C=O) groups is 1. The van der Waals surface area contributed by atoms with E-state index in [9.17, 15) is 4.79 Å². The lowest BCUT2D eigenvalue weighted by molar-refractivity contribution is -0.121. The standard InChI is InChI=1S/C22H25N3O3/c26-22(8-3-5-17-9-10-19-20(15-17)28-14-13-27-19)23-11-4-7-21-24-16-18-6-1-2-12-25(18)21/h1-2,6,9-10,12,15-16H,3-5,7-8,11,13-14H2,(H,23,26). The number of nitrogens with one attached hydrogen (secondary N) is 1. The molecule has 0 atom stereocenters. The van der Waals surface area contributed by atoms with Crippen LogP contribution in [0, 0.1) is 0 Å². The molecule has 1 N–H and O–H groups in total. The number of hydrogen-bond donors (Lipinski definition) is 1. The van der Waals surface area contributed by atoms with Crippen LogP contribution in [0.5, 0.6) is 11.5 Å². The maximum absolute atomic E-state index is 12.1. The van der Waals surface area contributed by atoms with E-state index in [2.05, 4.69) is 14.7 Å². The first-order valence-electron chi connectivity index (χ1n) is 9.86. The average Bonchev–Trinajstić information content (AvgIpc) is 3.14. The first-order chi connectivity index (χ1) is 13.8. The smallest absolute Gasteiger partial charge is 0.220 e. The van der Waals surface area contributed by atoms with E-state index in [1.165, 1.54) is 5.56 Å². The summed E-state index contributed by atoms with van der Waals surface area (Å²) in [4.78, 5) is 16.5. The molecule has 3 aromatic rings. The maximum atomic E-state index is 12.1. The molecule has 6 nitrogen and oxygen atoms in total. The minimum atomic E-state index is 0.102. The average molecular weight is 379 g/mol. The summed E-state index contributed by atoms with van der Waals surface area (Å²) in [5, 5.41) is 3.01. The molecule has 28 heavy (non-hydrogen) atoms. The minimum Gasteiger partial charge on any atom is -0.486 e. The summed E-state index contributed by atoms with van der Waals surface area (Å²) in [6.45, 7) is 1.86. The molecule has 2 aromatic heterocycles. The van der Waals surface area contributed by atoms with E-state index in [0.29, 0.717) is 26.2 Å². The molecule has 1 aliphatic heterocycles. The van der Waals surface area contributed by atoms with Gasteiger partial charge in [0.25, 0.3) is 0 Å². The zero-order chi connectivity index (χ0) is 19.2. The highest BCUT2D eigenvalue weighted by molar-refractivity contribution is 5.75. The molecule has 0 saturated carbocycles. The van der Waals surface area contributed by atoms with Gasteiger partial charge in [-0.3, -0.25) is 4.79 Å². The van der Waals surface area contributed by atoms with Crippen molar-refractivity contribution in [3.05, 3.63) is 60.2 Å². The lowest BCUT2D eigenvalue weighted by Gasteiger charge is -2.18. The van der Waals surface area contributed by atoms with Gasteiger partial charge < -0.3 is 19.2 Å². The first kappa shape index (κ1) is 18.3. The number of imidazole rings is 1. The number of fused-ring (bicyclic) bond motifs is 2. The van der Waals surface area contributed by atoms with Crippen molar-refractivity contribution in [2.75, 3.05) is 19.8 Å². The van der Waals surface area contributed by atoms with Gasteiger partial charge in [0, 0.05) is 25.6 Å². The Labute approximate surface area is 164 Å². The number of nitrogens with zero attached hydrogens (tertiary/aromatic N) is 2. The Kier molecular flexibility index (Phi) is 5.75. The molecule has 0 spiro atoms. The molecule has 4 rings (SSSR count). The van der Waals surface area contributed by atoms with Crippen LogP contribution in [0.2, 0.25) is 0 Å². The maximum Gasteiger partial charge on any atom is 0.220 e. The van der Waals surface area contributed by atoms with Gasteiger partial charge in [0.05, 0.1) is 11.7 Å². The lowest BCUT2D eigenvalue weighted by Crippen LogP contribution is -2.24. The second-order valence-corrected chi connectivity index (χ2v) is 6.96. The fourth-order valence-electron chi connectivity index (χ4n) is 3.44. The molecule has 6 heteroatoms. The molecule has 0 radical (unpaired) electrons. The predicted octanol–water partition coefficient (Wildman–Crippen LogP) is 3.18. The number of rotatable bonds is 8. The van der Waals surface area contributed by atoms with E-state index in [0.717, 1.165) is 48.5 Å². The summed E-state index contributed by atoms with van der Waals surface area (Å²) in [6, 6.07) is 12.1. The van der Waals surface area contributed by atoms with Crippen LogP contribution < -0.4 is 14.8 Å². The molecule has 0 fully saturated rings. The lowest BCUT2D eigenvalue weighted by atomic mass is 10.1. The van der Waals surface area contributed by atoms with Gasteiger partial charge in [-0.15, -0.1) is 0 Å². The molecule has 0 aliphatic carbocycles. The number of aromatic nitrogens is 2. The Morgan fingerprint density at radius 2 is 1.96 bits per heavy atom. The van der Waals surface area contributed by atoms with Crippen molar-refractivity contribution < 1.29 is 14.3 Å². The highest BCUT2D eigenvalue weighted by atomic mass is 16.6.